The molecule has 1 aromatic heterocycles. The highest BCUT2D eigenvalue weighted by molar-refractivity contribution is 5.70. The van der Waals surface area contributed by atoms with Gasteiger partial charge in [0.05, 0.1) is 12.1 Å². The van der Waals surface area contributed by atoms with Crippen LogP contribution in [0.5, 0.6) is 0 Å². The molecule has 20 heavy (non-hydrogen) atoms. The third kappa shape index (κ3) is 4.18. The number of aryl methyl sites for hydroxylation is 1. The van der Waals surface area contributed by atoms with Crippen LogP contribution in [0.25, 0.3) is 0 Å². The molecule has 0 unspecified atom stereocenters. The molecule has 1 atom stereocenters. The Morgan fingerprint density at radius 1 is 1.40 bits per heavy atom. The number of hydrogen-bond acceptors (Lipinski definition) is 5. The molecule has 5 heteroatoms. The highest BCUT2D eigenvalue weighted by Gasteiger charge is 2.27. The molecule has 0 aliphatic carbocycles. The number of ether oxygens (including phenoxy) is 1. The molecule has 1 aliphatic heterocycles. The largest absolute Gasteiger partial charge is 0.460 e. The van der Waals surface area contributed by atoms with E-state index in [2.05, 4.69) is 15.1 Å². The van der Waals surface area contributed by atoms with Crippen LogP contribution in [0.1, 0.15) is 39.3 Å². The zero-order chi connectivity index (χ0) is 14.8. The van der Waals surface area contributed by atoms with E-state index < -0.39 is 5.60 Å². The zero-order valence-electron chi connectivity index (χ0n) is 12.7. The summed E-state index contributed by atoms with van der Waals surface area (Å²) in [5.41, 5.74) is 0.510. The molecular formula is C15H23N3O2. The van der Waals surface area contributed by atoms with Crippen LogP contribution in [0.2, 0.25) is 0 Å². The Hall–Kier alpha value is -1.65. The third-order valence-electron chi connectivity index (χ3n) is 3.27. The van der Waals surface area contributed by atoms with Gasteiger partial charge in [0.2, 0.25) is 0 Å². The molecule has 0 saturated carbocycles. The summed E-state index contributed by atoms with van der Waals surface area (Å²) < 4.78 is 5.37. The Bertz CT molecular complexity index is 465. The SMILES string of the molecule is Cc1ccc(N2CC[C@@H](CC(=O)OC(C)(C)C)C2)nn1. The maximum Gasteiger partial charge on any atom is 0.306 e. The van der Waals surface area contributed by atoms with Crippen LogP contribution in [0.3, 0.4) is 0 Å². The van der Waals surface area contributed by atoms with E-state index in [9.17, 15) is 4.79 Å². The maximum absolute atomic E-state index is 11.8. The van der Waals surface area contributed by atoms with Crippen molar-refractivity contribution in [3.63, 3.8) is 0 Å². The maximum atomic E-state index is 11.8. The summed E-state index contributed by atoms with van der Waals surface area (Å²) in [4.78, 5) is 14.0. The van der Waals surface area contributed by atoms with Crippen molar-refractivity contribution in [1.82, 2.24) is 10.2 Å². The molecule has 0 bridgehead atoms. The lowest BCUT2D eigenvalue weighted by Gasteiger charge is -2.21. The lowest BCUT2D eigenvalue weighted by molar-refractivity contribution is -0.155. The van der Waals surface area contributed by atoms with Gasteiger partial charge in [0, 0.05) is 13.1 Å². The van der Waals surface area contributed by atoms with Crippen molar-refractivity contribution in [2.75, 3.05) is 18.0 Å². The Balaban J connectivity index is 1.86. The first-order chi connectivity index (χ1) is 9.33. The first-order valence-electron chi connectivity index (χ1n) is 7.10. The molecule has 1 aliphatic rings. The summed E-state index contributed by atoms with van der Waals surface area (Å²) in [6.07, 6.45) is 1.47. The van der Waals surface area contributed by atoms with E-state index in [1.165, 1.54) is 0 Å². The van der Waals surface area contributed by atoms with Crippen LogP contribution in [-0.2, 0) is 9.53 Å². The predicted octanol–water partition coefficient (Wildman–Crippen LogP) is 2.34. The first-order valence-corrected chi connectivity index (χ1v) is 7.10. The minimum Gasteiger partial charge on any atom is -0.460 e. The second-order valence-electron chi connectivity index (χ2n) is 6.42. The molecule has 0 aromatic carbocycles. The number of esters is 1. The van der Waals surface area contributed by atoms with Crippen LogP contribution in [0.15, 0.2) is 12.1 Å². The molecule has 0 amide bonds. The van der Waals surface area contributed by atoms with Gasteiger partial charge in [-0.1, -0.05) is 0 Å². The minimum atomic E-state index is -0.405. The topological polar surface area (TPSA) is 55.3 Å². The summed E-state index contributed by atoms with van der Waals surface area (Å²) in [5, 5.41) is 8.27. The van der Waals surface area contributed by atoms with Gasteiger partial charge in [-0.25, -0.2) is 0 Å². The number of nitrogens with zero attached hydrogens (tertiary/aromatic N) is 3. The lowest BCUT2D eigenvalue weighted by atomic mass is 10.1. The zero-order valence-corrected chi connectivity index (χ0v) is 12.7. The fourth-order valence-corrected chi connectivity index (χ4v) is 2.39. The van der Waals surface area contributed by atoms with Crippen molar-refractivity contribution in [3.8, 4) is 0 Å². The summed E-state index contributed by atoms with van der Waals surface area (Å²) in [6.45, 7) is 9.38. The number of aromatic nitrogens is 2. The molecule has 1 aromatic rings. The van der Waals surface area contributed by atoms with Crippen LogP contribution in [0, 0.1) is 12.8 Å². The van der Waals surface area contributed by atoms with Crippen LogP contribution in [0.4, 0.5) is 5.82 Å². The van der Waals surface area contributed by atoms with E-state index in [4.69, 9.17) is 4.74 Å². The van der Waals surface area contributed by atoms with Gasteiger partial charge < -0.3 is 9.64 Å². The van der Waals surface area contributed by atoms with Crippen LogP contribution in [-0.4, -0.2) is 34.9 Å². The van der Waals surface area contributed by atoms with Gasteiger partial charge in [0.15, 0.2) is 5.82 Å². The van der Waals surface area contributed by atoms with E-state index >= 15 is 0 Å². The Labute approximate surface area is 120 Å². The average molecular weight is 277 g/mol. The smallest absolute Gasteiger partial charge is 0.306 e. The highest BCUT2D eigenvalue weighted by atomic mass is 16.6. The molecule has 110 valence electrons. The quantitative estimate of drug-likeness (QED) is 0.794. The van der Waals surface area contributed by atoms with Gasteiger partial charge >= 0.3 is 5.97 Å². The average Bonchev–Trinajstić information content (AvgIpc) is 2.75. The monoisotopic (exact) mass is 277 g/mol. The molecule has 5 nitrogen and oxygen atoms in total. The van der Waals surface area contributed by atoms with Gasteiger partial charge in [-0.2, -0.15) is 5.10 Å². The van der Waals surface area contributed by atoms with Gasteiger partial charge in [-0.3, -0.25) is 4.79 Å². The fourth-order valence-electron chi connectivity index (χ4n) is 2.39. The normalized spacial score (nSPS) is 19.2. The molecule has 0 N–H and O–H groups in total. The second-order valence-corrected chi connectivity index (χ2v) is 6.42. The molecular weight excluding hydrogens is 254 g/mol. The summed E-state index contributed by atoms with van der Waals surface area (Å²) in [5.74, 6) is 1.12. The standard InChI is InChI=1S/C15H23N3O2/c1-11-5-6-13(17-16-11)18-8-7-12(10-18)9-14(19)20-15(2,3)4/h5-6,12H,7-10H2,1-4H3/t12-/m0/s1. The van der Waals surface area contributed by atoms with E-state index in [1.807, 2.05) is 39.8 Å². The number of hydrogen-bond donors (Lipinski definition) is 0. The van der Waals surface area contributed by atoms with Gasteiger partial charge in [-0.15, -0.1) is 5.10 Å². The highest BCUT2D eigenvalue weighted by Crippen LogP contribution is 2.25. The molecule has 0 radical (unpaired) electrons. The van der Waals surface area contributed by atoms with Crippen LogP contribution < -0.4 is 4.90 Å². The van der Waals surface area contributed by atoms with Crippen LogP contribution >= 0.6 is 0 Å². The predicted molar refractivity (Wildman–Crippen MR) is 77.6 cm³/mol. The van der Waals surface area contributed by atoms with E-state index in [0.29, 0.717) is 12.3 Å². The van der Waals surface area contributed by atoms with Crippen molar-refractivity contribution in [2.45, 2.75) is 46.1 Å². The van der Waals surface area contributed by atoms with Gasteiger partial charge in [0.1, 0.15) is 5.60 Å². The summed E-state index contributed by atoms with van der Waals surface area (Å²) in [7, 11) is 0. The van der Waals surface area contributed by atoms with Gasteiger partial charge in [0.25, 0.3) is 0 Å². The molecule has 1 saturated heterocycles. The van der Waals surface area contributed by atoms with E-state index in [-0.39, 0.29) is 5.97 Å². The Morgan fingerprint density at radius 2 is 2.15 bits per heavy atom. The number of carbonyl (C=O) groups is 1. The van der Waals surface area contributed by atoms with E-state index in [1.54, 1.807) is 0 Å². The Kier molecular flexibility index (Phi) is 4.26. The van der Waals surface area contributed by atoms with Crippen molar-refractivity contribution in [1.29, 1.82) is 0 Å². The van der Waals surface area contributed by atoms with Crippen molar-refractivity contribution >= 4 is 11.8 Å². The molecule has 1 fully saturated rings. The van der Waals surface area contributed by atoms with E-state index in [0.717, 1.165) is 31.0 Å². The minimum absolute atomic E-state index is 0.112. The number of rotatable bonds is 3. The molecule has 2 rings (SSSR count). The first kappa shape index (κ1) is 14.8. The van der Waals surface area contributed by atoms with Crippen molar-refractivity contribution < 1.29 is 9.53 Å². The summed E-state index contributed by atoms with van der Waals surface area (Å²) in [6, 6.07) is 3.95. The summed E-state index contributed by atoms with van der Waals surface area (Å²) >= 11 is 0. The van der Waals surface area contributed by atoms with Crippen molar-refractivity contribution in [3.05, 3.63) is 17.8 Å². The molecule has 0 spiro atoms. The van der Waals surface area contributed by atoms with Crippen molar-refractivity contribution in [2.24, 2.45) is 5.92 Å². The third-order valence-corrected chi connectivity index (χ3v) is 3.27. The number of anilines is 1. The lowest BCUT2D eigenvalue weighted by Crippen LogP contribution is -2.26. The fraction of sp³-hybridized carbons (Fsp3) is 0.667. The molecule has 2 heterocycles. The second kappa shape index (κ2) is 5.77. The number of carbonyl (C=O) groups excluding carboxylic acids is 1. The van der Waals surface area contributed by atoms with Gasteiger partial charge in [-0.05, 0) is 52.2 Å². The Morgan fingerprint density at radius 3 is 2.75 bits per heavy atom.